The highest BCUT2D eigenvalue weighted by Gasteiger charge is 2.22. The van der Waals surface area contributed by atoms with Gasteiger partial charge in [0, 0.05) is 19.3 Å². The predicted molar refractivity (Wildman–Crippen MR) is 61.0 cm³/mol. The van der Waals surface area contributed by atoms with E-state index in [0.29, 0.717) is 24.5 Å². The summed E-state index contributed by atoms with van der Waals surface area (Å²) in [5.74, 6) is 5.32. The molecule has 7 heteroatoms. The molecule has 1 aromatic heterocycles. The summed E-state index contributed by atoms with van der Waals surface area (Å²) in [6, 6.07) is 3.23. The van der Waals surface area contributed by atoms with Gasteiger partial charge < -0.3 is 15.6 Å². The van der Waals surface area contributed by atoms with Crippen molar-refractivity contribution < 1.29 is 9.59 Å². The largest absolute Gasteiger partial charge is 0.353 e. The number of nitrogens with two attached hydrogens (primary N) is 1. The number of piperazine rings is 1. The molecular formula is C10H13N5O2. The highest BCUT2D eigenvalue weighted by molar-refractivity contribution is 5.96. The number of carbonyl (C=O) groups is 2. The zero-order chi connectivity index (χ0) is 12.3. The Morgan fingerprint density at radius 3 is 2.94 bits per heavy atom. The Bertz CT molecular complexity index is 431. The van der Waals surface area contributed by atoms with Crippen LogP contribution in [0.15, 0.2) is 18.3 Å². The molecule has 0 radical (unpaired) electrons. The summed E-state index contributed by atoms with van der Waals surface area (Å²) in [4.78, 5) is 28.6. The van der Waals surface area contributed by atoms with Crippen molar-refractivity contribution in [2.75, 3.05) is 25.1 Å². The van der Waals surface area contributed by atoms with E-state index in [9.17, 15) is 9.59 Å². The van der Waals surface area contributed by atoms with Gasteiger partial charge in [-0.2, -0.15) is 0 Å². The zero-order valence-corrected chi connectivity index (χ0v) is 9.14. The Hall–Kier alpha value is -2.15. The molecule has 90 valence electrons. The molecule has 1 aromatic rings. The molecule has 2 amide bonds. The quantitative estimate of drug-likeness (QED) is 0.448. The highest BCUT2D eigenvalue weighted by Crippen LogP contribution is 2.08. The van der Waals surface area contributed by atoms with Gasteiger partial charge in [-0.1, -0.05) is 0 Å². The SMILES string of the molecule is NNc1ccc(C(=O)N2CCNC(=O)C2)cn1. The van der Waals surface area contributed by atoms with Crippen molar-refractivity contribution >= 4 is 17.6 Å². The second-order valence-corrected chi connectivity index (χ2v) is 3.65. The Morgan fingerprint density at radius 1 is 1.53 bits per heavy atom. The molecule has 1 aliphatic heterocycles. The predicted octanol–water partition coefficient (Wildman–Crippen LogP) is -1.06. The number of rotatable bonds is 2. The van der Waals surface area contributed by atoms with E-state index >= 15 is 0 Å². The van der Waals surface area contributed by atoms with Gasteiger partial charge in [-0.25, -0.2) is 10.8 Å². The summed E-state index contributed by atoms with van der Waals surface area (Å²) in [6.45, 7) is 1.09. The normalized spacial score (nSPS) is 15.4. The van der Waals surface area contributed by atoms with Crippen LogP contribution in [0.3, 0.4) is 0 Å². The monoisotopic (exact) mass is 235 g/mol. The topological polar surface area (TPSA) is 100 Å². The Morgan fingerprint density at radius 2 is 2.35 bits per heavy atom. The van der Waals surface area contributed by atoms with Crippen LogP contribution >= 0.6 is 0 Å². The fraction of sp³-hybridized carbons (Fsp3) is 0.300. The van der Waals surface area contributed by atoms with E-state index in [-0.39, 0.29) is 18.4 Å². The molecule has 2 rings (SSSR count). The third-order valence-electron chi connectivity index (χ3n) is 2.48. The van der Waals surface area contributed by atoms with E-state index in [1.54, 1.807) is 12.1 Å². The number of nitrogen functional groups attached to an aromatic ring is 1. The lowest BCUT2D eigenvalue weighted by atomic mass is 10.2. The van der Waals surface area contributed by atoms with Crippen LogP contribution < -0.4 is 16.6 Å². The third kappa shape index (κ3) is 2.51. The van der Waals surface area contributed by atoms with Crippen LogP contribution in [0, 0.1) is 0 Å². The third-order valence-corrected chi connectivity index (χ3v) is 2.48. The van der Waals surface area contributed by atoms with Gasteiger partial charge in [-0.3, -0.25) is 9.59 Å². The van der Waals surface area contributed by atoms with Gasteiger partial charge in [0.25, 0.3) is 5.91 Å². The average Bonchev–Trinajstić information content (AvgIpc) is 2.38. The van der Waals surface area contributed by atoms with Crippen molar-refractivity contribution in [3.05, 3.63) is 23.9 Å². The number of aromatic nitrogens is 1. The molecule has 1 aliphatic rings. The molecule has 0 aliphatic carbocycles. The number of hydrogen-bond donors (Lipinski definition) is 3. The van der Waals surface area contributed by atoms with E-state index < -0.39 is 0 Å². The summed E-state index contributed by atoms with van der Waals surface area (Å²) in [5.41, 5.74) is 2.82. The van der Waals surface area contributed by atoms with Gasteiger partial charge in [-0.05, 0) is 12.1 Å². The Balaban J connectivity index is 2.10. The second kappa shape index (κ2) is 4.79. The van der Waals surface area contributed by atoms with Crippen LogP contribution in [0.25, 0.3) is 0 Å². The minimum absolute atomic E-state index is 0.0930. The van der Waals surface area contributed by atoms with Crippen LogP contribution in [0.4, 0.5) is 5.82 Å². The second-order valence-electron chi connectivity index (χ2n) is 3.65. The number of nitrogens with zero attached hydrogens (tertiary/aromatic N) is 2. The zero-order valence-electron chi connectivity index (χ0n) is 9.14. The summed E-state index contributed by atoms with van der Waals surface area (Å²) in [7, 11) is 0. The van der Waals surface area contributed by atoms with E-state index in [0.717, 1.165) is 0 Å². The average molecular weight is 235 g/mol. The van der Waals surface area contributed by atoms with Crippen LogP contribution in [-0.2, 0) is 4.79 Å². The van der Waals surface area contributed by atoms with Crippen molar-refractivity contribution in [1.82, 2.24) is 15.2 Å². The lowest BCUT2D eigenvalue weighted by molar-refractivity contribution is -0.123. The number of amides is 2. The van der Waals surface area contributed by atoms with Gasteiger partial charge in [0.15, 0.2) is 0 Å². The molecule has 0 bridgehead atoms. The molecular weight excluding hydrogens is 222 g/mol. The standard InChI is InChI=1S/C10H13N5O2/c11-14-8-2-1-7(5-13-8)10(17)15-4-3-12-9(16)6-15/h1-2,5H,3-4,6,11H2,(H,12,16)(H,13,14). The first-order valence-corrected chi connectivity index (χ1v) is 5.19. The molecule has 4 N–H and O–H groups in total. The van der Waals surface area contributed by atoms with E-state index in [2.05, 4.69) is 15.7 Å². The highest BCUT2D eigenvalue weighted by atomic mass is 16.2. The number of nitrogens with one attached hydrogen (secondary N) is 2. The number of carbonyl (C=O) groups excluding carboxylic acids is 2. The molecule has 0 unspecified atom stereocenters. The lowest BCUT2D eigenvalue weighted by Crippen LogP contribution is -2.49. The number of hydrogen-bond acceptors (Lipinski definition) is 5. The number of anilines is 1. The maximum absolute atomic E-state index is 12.0. The minimum atomic E-state index is -0.198. The van der Waals surface area contributed by atoms with Crippen molar-refractivity contribution in [2.24, 2.45) is 5.84 Å². The molecule has 1 saturated heterocycles. The van der Waals surface area contributed by atoms with Crippen LogP contribution in [-0.4, -0.2) is 41.3 Å². The molecule has 1 fully saturated rings. The van der Waals surface area contributed by atoms with Crippen molar-refractivity contribution in [1.29, 1.82) is 0 Å². The van der Waals surface area contributed by atoms with E-state index in [1.165, 1.54) is 11.1 Å². The van der Waals surface area contributed by atoms with Crippen LogP contribution in [0.1, 0.15) is 10.4 Å². The van der Waals surface area contributed by atoms with Crippen molar-refractivity contribution in [3.63, 3.8) is 0 Å². The van der Waals surface area contributed by atoms with E-state index in [4.69, 9.17) is 5.84 Å². The fourth-order valence-electron chi connectivity index (χ4n) is 1.60. The number of hydrazine groups is 1. The molecule has 2 heterocycles. The van der Waals surface area contributed by atoms with Crippen molar-refractivity contribution in [3.8, 4) is 0 Å². The first-order chi connectivity index (χ1) is 8.20. The van der Waals surface area contributed by atoms with E-state index in [1.807, 2.05) is 0 Å². The van der Waals surface area contributed by atoms with Gasteiger partial charge in [0.1, 0.15) is 5.82 Å². The first-order valence-electron chi connectivity index (χ1n) is 5.19. The summed E-state index contributed by atoms with van der Waals surface area (Å²) in [5, 5.41) is 2.66. The van der Waals surface area contributed by atoms with Gasteiger partial charge in [-0.15, -0.1) is 0 Å². The molecule has 0 spiro atoms. The Kier molecular flexibility index (Phi) is 3.20. The fourth-order valence-corrected chi connectivity index (χ4v) is 1.60. The lowest BCUT2D eigenvalue weighted by Gasteiger charge is -2.26. The molecule has 17 heavy (non-hydrogen) atoms. The van der Waals surface area contributed by atoms with Gasteiger partial charge in [0.05, 0.1) is 12.1 Å². The van der Waals surface area contributed by atoms with Crippen molar-refractivity contribution in [2.45, 2.75) is 0 Å². The van der Waals surface area contributed by atoms with Crippen LogP contribution in [0.2, 0.25) is 0 Å². The van der Waals surface area contributed by atoms with Crippen LogP contribution in [0.5, 0.6) is 0 Å². The number of pyridine rings is 1. The first kappa shape index (κ1) is 11.3. The Labute approximate surface area is 98.0 Å². The summed E-state index contributed by atoms with van der Waals surface area (Å²) < 4.78 is 0. The van der Waals surface area contributed by atoms with Gasteiger partial charge >= 0.3 is 0 Å². The summed E-state index contributed by atoms with van der Waals surface area (Å²) in [6.07, 6.45) is 1.43. The maximum atomic E-state index is 12.0. The van der Waals surface area contributed by atoms with Gasteiger partial charge in [0.2, 0.25) is 5.91 Å². The molecule has 0 saturated carbocycles. The minimum Gasteiger partial charge on any atom is -0.353 e. The summed E-state index contributed by atoms with van der Waals surface area (Å²) >= 11 is 0. The smallest absolute Gasteiger partial charge is 0.255 e. The molecule has 0 aromatic carbocycles. The molecule has 0 atom stereocenters. The molecule has 7 nitrogen and oxygen atoms in total. The maximum Gasteiger partial charge on any atom is 0.255 e.